The van der Waals surface area contributed by atoms with Gasteiger partial charge >= 0.3 is 12.1 Å². The fraction of sp³-hybridized carbons (Fsp3) is 0.571. The summed E-state index contributed by atoms with van der Waals surface area (Å²) in [4.78, 5) is 86.8. The van der Waals surface area contributed by atoms with Crippen molar-refractivity contribution in [3.05, 3.63) is 35.3 Å². The fourth-order valence-corrected chi connectivity index (χ4v) is 6.17. The van der Waals surface area contributed by atoms with Crippen LogP contribution in [-0.4, -0.2) is 126 Å². The van der Waals surface area contributed by atoms with E-state index in [0.29, 0.717) is 19.4 Å². The van der Waals surface area contributed by atoms with Gasteiger partial charge in [0.1, 0.15) is 29.3 Å². The molecule has 1 aliphatic carbocycles. The van der Waals surface area contributed by atoms with Gasteiger partial charge < -0.3 is 39.5 Å². The molecule has 3 fully saturated rings. The number of nitrogens with one attached hydrogen (secondary N) is 2. The molecule has 0 unspecified atom stereocenters. The number of hydrogen-bond donors (Lipinski definition) is 2. The van der Waals surface area contributed by atoms with Crippen molar-refractivity contribution in [3.63, 3.8) is 0 Å². The van der Waals surface area contributed by atoms with Crippen LogP contribution in [0.3, 0.4) is 0 Å². The quantitative estimate of drug-likeness (QED) is 0.293. The number of likely N-dealkylation sites (tertiary alicyclic amines) is 1. The Morgan fingerprint density at radius 1 is 0.941 bits per heavy atom. The molecule has 1 aromatic heterocycles. The first kappa shape index (κ1) is 37.2. The summed E-state index contributed by atoms with van der Waals surface area (Å²) < 4.78 is 30.7. The van der Waals surface area contributed by atoms with Crippen LogP contribution in [0.1, 0.15) is 68.4 Å². The van der Waals surface area contributed by atoms with E-state index in [1.165, 1.54) is 32.9 Å². The Hall–Kier alpha value is -5.02. The van der Waals surface area contributed by atoms with Crippen LogP contribution >= 0.6 is 0 Å². The smallest absolute Gasteiger partial charge is 0.409 e. The van der Waals surface area contributed by atoms with Gasteiger partial charge in [0.15, 0.2) is 6.61 Å². The molecular formula is C35H45FN6O9. The van der Waals surface area contributed by atoms with Crippen molar-refractivity contribution >= 4 is 46.6 Å². The average Bonchev–Trinajstić information content (AvgIpc) is 3.79. The number of rotatable bonds is 13. The molecule has 3 aliphatic rings. The second-order valence-corrected chi connectivity index (χ2v) is 12.8. The lowest BCUT2D eigenvalue weighted by molar-refractivity contribution is -0.143. The van der Waals surface area contributed by atoms with Crippen LogP contribution < -0.4 is 15.4 Å². The molecular weight excluding hydrogens is 667 g/mol. The Labute approximate surface area is 295 Å². The number of carbonyl (C=O) groups is 6. The highest BCUT2D eigenvalue weighted by atomic mass is 19.1. The third kappa shape index (κ3) is 9.41. The van der Waals surface area contributed by atoms with E-state index in [-0.39, 0.29) is 92.1 Å². The number of hydrogen-bond acceptors (Lipinski definition) is 10. The van der Waals surface area contributed by atoms with Gasteiger partial charge in [0, 0.05) is 56.6 Å². The van der Waals surface area contributed by atoms with Crippen LogP contribution in [0.5, 0.6) is 5.75 Å². The van der Waals surface area contributed by atoms with E-state index in [1.807, 2.05) is 0 Å². The number of esters is 1. The van der Waals surface area contributed by atoms with Gasteiger partial charge in [-0.15, -0.1) is 0 Å². The summed E-state index contributed by atoms with van der Waals surface area (Å²) >= 11 is 0. The first-order valence-electron chi connectivity index (χ1n) is 17.5. The number of benzene rings is 1. The average molecular weight is 713 g/mol. The number of carbonyl (C=O) groups excluding carboxylic acids is 6. The minimum atomic E-state index is -1.15. The minimum Gasteiger partial charge on any atom is -0.483 e. The molecule has 276 valence electrons. The van der Waals surface area contributed by atoms with E-state index in [9.17, 15) is 33.2 Å². The molecule has 5 amide bonds. The molecule has 2 aromatic rings. The summed E-state index contributed by atoms with van der Waals surface area (Å²) in [5.41, 5.74) is 0.317. The van der Waals surface area contributed by atoms with Crippen LogP contribution in [0.25, 0.3) is 10.9 Å². The Kier molecular flexibility index (Phi) is 12.3. The highest BCUT2D eigenvalue weighted by Crippen LogP contribution is 2.29. The molecule has 2 atom stereocenters. The fourth-order valence-electron chi connectivity index (χ4n) is 6.17. The summed E-state index contributed by atoms with van der Waals surface area (Å²) in [6, 6.07) is 2.33. The van der Waals surface area contributed by atoms with E-state index >= 15 is 0 Å². The highest BCUT2D eigenvalue weighted by Gasteiger charge is 2.37. The number of fused-ring (bicyclic) bond motifs is 1. The zero-order valence-corrected chi connectivity index (χ0v) is 29.2. The van der Waals surface area contributed by atoms with Crippen molar-refractivity contribution in [2.45, 2.75) is 77.4 Å². The zero-order chi connectivity index (χ0) is 36.7. The number of piperazine rings is 1. The second kappa shape index (κ2) is 16.8. The monoisotopic (exact) mass is 712 g/mol. The third-order valence-electron chi connectivity index (χ3n) is 9.10. The molecule has 1 aromatic carbocycles. The Bertz CT molecular complexity index is 1660. The number of aromatic nitrogens is 1. The van der Waals surface area contributed by atoms with Crippen molar-refractivity contribution in [3.8, 4) is 5.75 Å². The molecule has 51 heavy (non-hydrogen) atoms. The molecule has 2 aliphatic heterocycles. The number of ether oxygens (including phenoxy) is 3. The van der Waals surface area contributed by atoms with Crippen LogP contribution in [0, 0.1) is 12.7 Å². The maximum Gasteiger partial charge on any atom is 0.409 e. The summed E-state index contributed by atoms with van der Waals surface area (Å²) in [7, 11) is 0. The minimum absolute atomic E-state index is 0.0140. The number of nitrogens with zero attached hydrogens (tertiary/aromatic N) is 4. The highest BCUT2D eigenvalue weighted by molar-refractivity contribution is 5.99. The number of amides is 5. The van der Waals surface area contributed by atoms with Gasteiger partial charge in [0.25, 0.3) is 11.8 Å². The predicted molar refractivity (Wildman–Crippen MR) is 180 cm³/mol. The third-order valence-corrected chi connectivity index (χ3v) is 9.10. The number of pyridine rings is 1. The van der Waals surface area contributed by atoms with Gasteiger partial charge in [0.05, 0.1) is 18.7 Å². The Balaban J connectivity index is 1.33. The molecule has 15 nitrogen and oxygen atoms in total. The predicted octanol–water partition coefficient (Wildman–Crippen LogP) is 2.07. The second-order valence-electron chi connectivity index (χ2n) is 12.8. The molecule has 2 N–H and O–H groups in total. The van der Waals surface area contributed by atoms with E-state index < -0.39 is 54.3 Å². The van der Waals surface area contributed by atoms with Gasteiger partial charge in [-0.25, -0.2) is 14.2 Å². The summed E-state index contributed by atoms with van der Waals surface area (Å²) in [5.74, 6) is -2.91. The van der Waals surface area contributed by atoms with Crippen molar-refractivity contribution in [1.29, 1.82) is 0 Å². The van der Waals surface area contributed by atoms with Crippen LogP contribution in [-0.2, 0) is 28.7 Å². The lowest BCUT2D eigenvalue weighted by Crippen LogP contribution is -2.56. The van der Waals surface area contributed by atoms with Crippen LogP contribution in [0.4, 0.5) is 9.18 Å². The van der Waals surface area contributed by atoms with E-state index in [4.69, 9.17) is 14.2 Å². The molecule has 5 rings (SSSR count). The summed E-state index contributed by atoms with van der Waals surface area (Å²) in [6.07, 6.45) is 2.35. The molecule has 1 saturated carbocycles. The molecule has 16 heteroatoms. The van der Waals surface area contributed by atoms with Crippen LogP contribution in [0.2, 0.25) is 0 Å². The van der Waals surface area contributed by atoms with E-state index in [0.717, 1.165) is 12.8 Å². The lowest BCUT2D eigenvalue weighted by Gasteiger charge is -2.36. The molecule has 0 radical (unpaired) electrons. The molecule has 2 saturated heterocycles. The van der Waals surface area contributed by atoms with E-state index in [2.05, 4.69) is 15.6 Å². The Morgan fingerprint density at radius 2 is 1.65 bits per heavy atom. The van der Waals surface area contributed by atoms with Gasteiger partial charge in [0.2, 0.25) is 11.8 Å². The number of aryl methyl sites for hydroxylation is 1. The van der Waals surface area contributed by atoms with Crippen molar-refractivity contribution in [1.82, 2.24) is 30.3 Å². The van der Waals surface area contributed by atoms with Gasteiger partial charge in [-0.1, -0.05) is 0 Å². The van der Waals surface area contributed by atoms with Crippen LogP contribution in [0.15, 0.2) is 18.2 Å². The van der Waals surface area contributed by atoms with Gasteiger partial charge in [-0.05, 0) is 70.6 Å². The maximum atomic E-state index is 14.7. The van der Waals surface area contributed by atoms with Crippen molar-refractivity contribution < 1.29 is 47.4 Å². The lowest BCUT2D eigenvalue weighted by atomic mass is 10.1. The first-order chi connectivity index (χ1) is 24.5. The van der Waals surface area contributed by atoms with Gasteiger partial charge in [-0.3, -0.25) is 24.0 Å². The maximum absolute atomic E-state index is 14.7. The molecule has 3 heterocycles. The summed E-state index contributed by atoms with van der Waals surface area (Å²) in [6.45, 7) is 6.03. The first-order valence-corrected chi connectivity index (χ1v) is 17.5. The van der Waals surface area contributed by atoms with Gasteiger partial charge in [-0.2, -0.15) is 0 Å². The van der Waals surface area contributed by atoms with E-state index in [1.54, 1.807) is 20.8 Å². The van der Waals surface area contributed by atoms with Crippen molar-refractivity contribution in [2.24, 2.45) is 0 Å². The van der Waals surface area contributed by atoms with Crippen molar-refractivity contribution in [2.75, 3.05) is 52.5 Å². The molecule has 0 spiro atoms. The summed E-state index contributed by atoms with van der Waals surface area (Å²) in [5, 5.41) is 5.86. The largest absolute Gasteiger partial charge is 0.483 e. The SMILES string of the molecule is CCOC(=O)CC[C@H](NC(=O)c1cc(OCC(=O)N2CCC[C@H]2C(=O)NC2CC2)c2cc(F)c(C)cc2n1)C(=O)N1CCN(C(=O)OCC)CC1. The Morgan fingerprint density at radius 3 is 2.33 bits per heavy atom. The zero-order valence-electron chi connectivity index (χ0n) is 29.2. The standard InChI is InChI=1S/C35H45FN6O9/c1-4-49-31(44)11-10-25(34(47)40-13-15-41(16-14-40)35(48)50-5-2)39-32(45)27-19-29(23-18-24(36)21(3)17-26(23)38-27)51-20-30(43)42-12-6-7-28(42)33(46)37-22-8-9-22/h17-19,22,25,28H,4-16,20H2,1-3H3,(H,37,46)(H,39,45)/t25-,28-/m0/s1. The topological polar surface area (TPSA) is 177 Å². The molecule has 0 bridgehead atoms. The normalized spacial score (nSPS) is 17.9. The number of halogens is 1.